The zero-order valence-electron chi connectivity index (χ0n) is 13.6. The van der Waals surface area contributed by atoms with Gasteiger partial charge in [-0.05, 0) is 22.3 Å². The molecule has 0 saturated heterocycles. The van der Waals surface area contributed by atoms with Gasteiger partial charge in [0.05, 0.1) is 0 Å². The van der Waals surface area contributed by atoms with E-state index in [1.807, 2.05) is 60.7 Å². The fraction of sp³-hybridized carbons (Fsp3) is 0.0476. The Morgan fingerprint density at radius 3 is 1.60 bits per heavy atom. The van der Waals surface area contributed by atoms with Crippen LogP contribution in [0.3, 0.4) is 0 Å². The first kappa shape index (κ1) is 17.4. The Balaban J connectivity index is 1.87. The van der Waals surface area contributed by atoms with Gasteiger partial charge in [0.15, 0.2) is 0 Å². The van der Waals surface area contributed by atoms with Crippen LogP contribution in [-0.2, 0) is 4.57 Å². The minimum absolute atomic E-state index is 0.608. The highest BCUT2D eigenvalue weighted by Crippen LogP contribution is 2.55. The van der Waals surface area contributed by atoms with Crippen molar-refractivity contribution in [3.63, 3.8) is 0 Å². The van der Waals surface area contributed by atoms with Crippen LogP contribution in [0.2, 0.25) is 0 Å². The molecule has 0 aromatic heterocycles. The molecule has 0 saturated carbocycles. The Kier molecular flexibility index (Phi) is 5.30. The molecule has 3 rings (SSSR count). The van der Waals surface area contributed by atoms with E-state index in [2.05, 4.69) is 0 Å². The van der Waals surface area contributed by atoms with E-state index in [0.717, 1.165) is 11.1 Å². The molecular weight excluding hydrogens is 331 g/mol. The van der Waals surface area contributed by atoms with Gasteiger partial charge in [0, 0.05) is 0 Å². The lowest BCUT2D eigenvalue weighted by Crippen LogP contribution is -2.02. The molecule has 0 aliphatic carbocycles. The van der Waals surface area contributed by atoms with Gasteiger partial charge in [-0.15, -0.1) is 0 Å². The van der Waals surface area contributed by atoms with Gasteiger partial charge in [0.25, 0.3) is 0 Å². The van der Waals surface area contributed by atoms with Crippen molar-refractivity contribution in [2.75, 3.05) is 0 Å². The van der Waals surface area contributed by atoms with E-state index in [1.54, 1.807) is 36.4 Å². The van der Waals surface area contributed by atoms with Crippen LogP contribution in [-0.4, -0.2) is 9.79 Å². The quantitative estimate of drug-likeness (QED) is 0.496. The van der Waals surface area contributed by atoms with E-state index in [4.69, 9.17) is 0 Å². The van der Waals surface area contributed by atoms with Crippen molar-refractivity contribution in [1.29, 1.82) is 0 Å². The van der Waals surface area contributed by atoms with Gasteiger partial charge in [-0.1, -0.05) is 97.1 Å². The maximum absolute atomic E-state index is 12.0. The first-order valence-corrected chi connectivity index (χ1v) is 9.65. The highest BCUT2D eigenvalue weighted by atomic mass is 31.2. The molecule has 0 heterocycles. The summed E-state index contributed by atoms with van der Waals surface area (Å²) in [5, 5.41) is 0. The highest BCUT2D eigenvalue weighted by molar-refractivity contribution is 7.52. The summed E-state index contributed by atoms with van der Waals surface area (Å²) in [6, 6.07) is 26.2. The second kappa shape index (κ2) is 7.62. The van der Waals surface area contributed by atoms with Crippen molar-refractivity contribution < 1.29 is 14.4 Å². The predicted octanol–water partition coefficient (Wildman–Crippen LogP) is 5.12. The first-order valence-electron chi connectivity index (χ1n) is 7.97. The van der Waals surface area contributed by atoms with E-state index >= 15 is 0 Å². The maximum Gasteiger partial charge on any atom is 0.337 e. The number of hydrogen-bond donors (Lipinski definition) is 2. The summed E-state index contributed by atoms with van der Waals surface area (Å²) in [6.07, 6.45) is 3.99. The molecular formula is C21H19O3P. The molecule has 0 spiro atoms. The second-order valence-corrected chi connectivity index (χ2v) is 7.51. The van der Waals surface area contributed by atoms with Crippen LogP contribution >= 0.6 is 7.60 Å². The summed E-state index contributed by atoms with van der Waals surface area (Å²) in [4.78, 5) is 19.6. The zero-order valence-corrected chi connectivity index (χ0v) is 14.5. The third-order valence-electron chi connectivity index (χ3n) is 3.97. The number of hydrogen-bond acceptors (Lipinski definition) is 1. The summed E-state index contributed by atoms with van der Waals surface area (Å²) >= 11 is 0. The molecule has 0 fully saturated rings. The standard InChI is InChI=1S/C21H19O3P/c22-25(23,24)21(19-9-5-2-6-10-19)20-15-13-18(14-16-20)12-11-17-7-3-1-4-8-17/h1-16,21H,(H2,22,23,24)/b12-11+. The Bertz CT molecular complexity index is 881. The minimum atomic E-state index is -4.32. The average Bonchev–Trinajstić information content (AvgIpc) is 2.62. The van der Waals surface area contributed by atoms with Crippen LogP contribution in [0.5, 0.6) is 0 Å². The van der Waals surface area contributed by atoms with Gasteiger partial charge >= 0.3 is 7.60 Å². The highest BCUT2D eigenvalue weighted by Gasteiger charge is 2.31. The molecule has 0 amide bonds. The van der Waals surface area contributed by atoms with E-state index in [-0.39, 0.29) is 0 Å². The number of benzene rings is 3. The summed E-state index contributed by atoms with van der Waals surface area (Å²) in [6.45, 7) is 0. The monoisotopic (exact) mass is 350 g/mol. The lowest BCUT2D eigenvalue weighted by Gasteiger charge is -2.19. The Morgan fingerprint density at radius 2 is 1.08 bits per heavy atom. The largest absolute Gasteiger partial charge is 0.337 e. The summed E-state index contributed by atoms with van der Waals surface area (Å²) in [5.74, 6) is 0. The van der Waals surface area contributed by atoms with Crippen molar-refractivity contribution in [3.8, 4) is 0 Å². The molecule has 3 nitrogen and oxygen atoms in total. The third-order valence-corrected chi connectivity index (χ3v) is 5.24. The van der Waals surface area contributed by atoms with Crippen LogP contribution in [0.1, 0.15) is 27.9 Å². The van der Waals surface area contributed by atoms with Crippen LogP contribution in [0, 0.1) is 0 Å². The lowest BCUT2D eigenvalue weighted by molar-refractivity contribution is 0.364. The SMILES string of the molecule is O=P(O)(O)C(c1ccccc1)c1ccc(/C=C/c2ccccc2)cc1. The van der Waals surface area contributed by atoms with E-state index in [9.17, 15) is 14.4 Å². The van der Waals surface area contributed by atoms with Gasteiger partial charge in [0.2, 0.25) is 0 Å². The van der Waals surface area contributed by atoms with Gasteiger partial charge in [-0.25, -0.2) is 0 Å². The molecule has 3 aromatic carbocycles. The fourth-order valence-corrected chi connectivity index (χ4v) is 3.88. The molecule has 2 N–H and O–H groups in total. The average molecular weight is 350 g/mol. The van der Waals surface area contributed by atoms with Gasteiger partial charge in [-0.2, -0.15) is 0 Å². The predicted molar refractivity (Wildman–Crippen MR) is 102 cm³/mol. The third kappa shape index (κ3) is 4.55. The van der Waals surface area contributed by atoms with Crippen LogP contribution < -0.4 is 0 Å². The maximum atomic E-state index is 12.0. The topological polar surface area (TPSA) is 57.5 Å². The van der Waals surface area contributed by atoms with Crippen molar-refractivity contribution in [3.05, 3.63) is 107 Å². The van der Waals surface area contributed by atoms with E-state index in [1.165, 1.54) is 0 Å². The summed E-state index contributed by atoms with van der Waals surface area (Å²) in [7, 11) is -4.32. The van der Waals surface area contributed by atoms with E-state index in [0.29, 0.717) is 11.1 Å². The second-order valence-electron chi connectivity index (χ2n) is 5.81. The molecule has 1 unspecified atom stereocenters. The van der Waals surface area contributed by atoms with Crippen LogP contribution in [0.4, 0.5) is 0 Å². The molecule has 4 heteroatoms. The van der Waals surface area contributed by atoms with E-state index < -0.39 is 13.3 Å². The Hall–Kier alpha value is -2.45. The molecule has 1 atom stereocenters. The van der Waals surface area contributed by atoms with Crippen LogP contribution in [0.15, 0.2) is 84.9 Å². The first-order chi connectivity index (χ1) is 12.0. The zero-order chi connectivity index (χ0) is 17.7. The fourth-order valence-electron chi connectivity index (χ4n) is 2.76. The van der Waals surface area contributed by atoms with Crippen LogP contribution in [0.25, 0.3) is 12.2 Å². The Labute approximate surface area is 147 Å². The van der Waals surface area contributed by atoms with Crippen molar-refractivity contribution >= 4 is 19.7 Å². The molecule has 25 heavy (non-hydrogen) atoms. The smallest absolute Gasteiger partial charge is 0.324 e. The molecule has 0 aliphatic rings. The van der Waals surface area contributed by atoms with Crippen molar-refractivity contribution in [2.45, 2.75) is 5.66 Å². The molecule has 0 bridgehead atoms. The molecule has 3 aromatic rings. The molecule has 126 valence electrons. The summed E-state index contributed by atoms with van der Waals surface area (Å²) < 4.78 is 12.0. The van der Waals surface area contributed by atoms with Gasteiger partial charge in [0.1, 0.15) is 5.66 Å². The molecule has 0 radical (unpaired) electrons. The van der Waals surface area contributed by atoms with Crippen molar-refractivity contribution in [2.24, 2.45) is 0 Å². The minimum Gasteiger partial charge on any atom is -0.324 e. The van der Waals surface area contributed by atoms with Crippen molar-refractivity contribution in [1.82, 2.24) is 0 Å². The Morgan fingerprint density at radius 1 is 0.640 bits per heavy atom. The summed E-state index contributed by atoms with van der Waals surface area (Å²) in [5.41, 5.74) is 2.36. The lowest BCUT2D eigenvalue weighted by atomic mass is 10.0. The number of rotatable bonds is 5. The molecule has 0 aliphatic heterocycles. The normalized spacial score (nSPS) is 13.0. The van der Waals surface area contributed by atoms with Gasteiger partial charge in [-0.3, -0.25) is 4.57 Å². The van der Waals surface area contributed by atoms with Gasteiger partial charge < -0.3 is 9.79 Å².